The van der Waals surface area contributed by atoms with Crippen LogP contribution >= 0.6 is 11.3 Å². The van der Waals surface area contributed by atoms with Crippen molar-refractivity contribution in [3.05, 3.63) is 40.3 Å². The molecule has 0 saturated heterocycles. The maximum Gasteiger partial charge on any atom is 0.243 e. The lowest BCUT2D eigenvalue weighted by molar-refractivity contribution is 0.409. The minimum absolute atomic E-state index is 0.196. The van der Waals surface area contributed by atoms with Gasteiger partial charge >= 0.3 is 0 Å². The fraction of sp³-hybridized carbons (Fsp3) is 0.308. The lowest BCUT2D eigenvalue weighted by Crippen LogP contribution is -2.26. The molecule has 0 amide bonds. The van der Waals surface area contributed by atoms with Gasteiger partial charge in [-0.3, -0.25) is 0 Å². The first-order valence-corrected chi connectivity index (χ1v) is 8.57. The van der Waals surface area contributed by atoms with Gasteiger partial charge < -0.3 is 10.5 Å². The van der Waals surface area contributed by atoms with Gasteiger partial charge in [-0.05, 0) is 18.2 Å². The van der Waals surface area contributed by atoms with E-state index in [2.05, 4.69) is 4.98 Å². The summed E-state index contributed by atoms with van der Waals surface area (Å²) in [7, 11) is -0.532. The van der Waals surface area contributed by atoms with E-state index in [0.717, 1.165) is 5.69 Å². The van der Waals surface area contributed by atoms with Gasteiger partial charge in [-0.15, -0.1) is 11.3 Å². The molecule has 0 atom stereocenters. The van der Waals surface area contributed by atoms with Gasteiger partial charge in [0.2, 0.25) is 10.0 Å². The molecule has 1 heterocycles. The highest BCUT2D eigenvalue weighted by Gasteiger charge is 2.22. The zero-order valence-electron chi connectivity index (χ0n) is 11.8. The lowest BCUT2D eigenvalue weighted by atomic mass is 10.2. The molecule has 1 aromatic heterocycles. The van der Waals surface area contributed by atoms with Crippen LogP contribution in [-0.4, -0.2) is 31.9 Å². The van der Waals surface area contributed by atoms with E-state index in [9.17, 15) is 8.42 Å². The van der Waals surface area contributed by atoms with Crippen molar-refractivity contribution in [2.75, 3.05) is 14.2 Å². The predicted molar refractivity (Wildman–Crippen MR) is 81.7 cm³/mol. The summed E-state index contributed by atoms with van der Waals surface area (Å²) >= 11 is 1.43. The molecule has 0 aliphatic heterocycles. The van der Waals surface area contributed by atoms with Crippen molar-refractivity contribution in [2.45, 2.75) is 18.0 Å². The first-order valence-electron chi connectivity index (χ1n) is 6.19. The van der Waals surface area contributed by atoms with E-state index in [1.165, 1.54) is 35.9 Å². The molecule has 0 unspecified atom stereocenters. The molecule has 0 spiro atoms. The highest BCUT2D eigenvalue weighted by Crippen LogP contribution is 2.24. The maximum atomic E-state index is 12.5. The number of aromatic nitrogens is 1. The molecule has 8 heteroatoms. The first-order chi connectivity index (χ1) is 9.98. The Labute approximate surface area is 128 Å². The number of hydrogen-bond donors (Lipinski definition) is 1. The Bertz CT molecular complexity index is 699. The van der Waals surface area contributed by atoms with Crippen LogP contribution in [0.25, 0.3) is 0 Å². The van der Waals surface area contributed by atoms with Gasteiger partial charge in [0, 0.05) is 24.5 Å². The Morgan fingerprint density at radius 3 is 2.76 bits per heavy atom. The average molecular weight is 327 g/mol. The van der Waals surface area contributed by atoms with E-state index in [4.69, 9.17) is 10.5 Å². The molecule has 2 aromatic rings. The minimum atomic E-state index is -3.59. The number of ether oxygens (including phenoxy) is 1. The molecular weight excluding hydrogens is 310 g/mol. The van der Waals surface area contributed by atoms with E-state index < -0.39 is 10.0 Å². The second-order valence-corrected chi connectivity index (χ2v) is 7.18. The fourth-order valence-corrected chi connectivity index (χ4v) is 3.63. The number of methoxy groups -OCH3 is 1. The smallest absolute Gasteiger partial charge is 0.243 e. The predicted octanol–water partition coefficient (Wildman–Crippen LogP) is 1.43. The maximum absolute atomic E-state index is 12.5. The second-order valence-electron chi connectivity index (χ2n) is 4.42. The zero-order valence-corrected chi connectivity index (χ0v) is 13.4. The SMILES string of the molecule is COc1ccc(S(=O)(=O)N(C)Cc2cscn2)cc1CN. The molecule has 0 aliphatic carbocycles. The molecule has 0 radical (unpaired) electrons. The molecule has 1 aromatic carbocycles. The van der Waals surface area contributed by atoms with Crippen LogP contribution in [0.1, 0.15) is 11.3 Å². The van der Waals surface area contributed by atoms with Crippen molar-refractivity contribution >= 4 is 21.4 Å². The van der Waals surface area contributed by atoms with Crippen molar-refractivity contribution in [1.82, 2.24) is 9.29 Å². The van der Waals surface area contributed by atoms with Crippen LogP contribution in [0.15, 0.2) is 34.0 Å². The number of sulfonamides is 1. The molecule has 2 N–H and O–H groups in total. The summed E-state index contributed by atoms with van der Waals surface area (Å²) in [5.74, 6) is 0.582. The second kappa shape index (κ2) is 6.52. The Morgan fingerprint density at radius 2 is 2.19 bits per heavy atom. The van der Waals surface area contributed by atoms with Gasteiger partial charge in [0.1, 0.15) is 5.75 Å². The van der Waals surface area contributed by atoms with E-state index in [0.29, 0.717) is 11.3 Å². The molecule has 0 fully saturated rings. The van der Waals surface area contributed by atoms with Crippen LogP contribution in [0.2, 0.25) is 0 Å². The number of benzene rings is 1. The highest BCUT2D eigenvalue weighted by atomic mass is 32.2. The van der Waals surface area contributed by atoms with E-state index in [1.807, 2.05) is 5.38 Å². The minimum Gasteiger partial charge on any atom is -0.496 e. The normalized spacial score (nSPS) is 11.8. The third kappa shape index (κ3) is 3.41. The topological polar surface area (TPSA) is 85.5 Å². The van der Waals surface area contributed by atoms with Crippen molar-refractivity contribution in [2.24, 2.45) is 5.73 Å². The van der Waals surface area contributed by atoms with Gasteiger partial charge in [-0.25, -0.2) is 13.4 Å². The van der Waals surface area contributed by atoms with Crippen LogP contribution in [0.3, 0.4) is 0 Å². The lowest BCUT2D eigenvalue weighted by Gasteiger charge is -2.17. The van der Waals surface area contributed by atoms with Crippen LogP contribution in [0.4, 0.5) is 0 Å². The summed E-state index contributed by atoms with van der Waals surface area (Å²) in [4.78, 5) is 4.29. The van der Waals surface area contributed by atoms with Crippen molar-refractivity contribution < 1.29 is 13.2 Å². The summed E-state index contributed by atoms with van der Waals surface area (Å²) in [6, 6.07) is 4.68. The molecule has 21 heavy (non-hydrogen) atoms. The highest BCUT2D eigenvalue weighted by molar-refractivity contribution is 7.89. The number of rotatable bonds is 6. The van der Waals surface area contributed by atoms with Gasteiger partial charge in [0.25, 0.3) is 0 Å². The van der Waals surface area contributed by atoms with Crippen molar-refractivity contribution in [3.63, 3.8) is 0 Å². The largest absolute Gasteiger partial charge is 0.496 e. The summed E-state index contributed by atoms with van der Waals surface area (Å²) < 4.78 is 31.5. The van der Waals surface area contributed by atoms with E-state index in [1.54, 1.807) is 17.6 Å². The molecule has 0 aliphatic rings. The number of thiazole rings is 1. The zero-order chi connectivity index (χ0) is 15.5. The van der Waals surface area contributed by atoms with Crippen molar-refractivity contribution in [3.8, 4) is 5.75 Å². The Kier molecular flexibility index (Phi) is 4.94. The monoisotopic (exact) mass is 327 g/mol. The first kappa shape index (κ1) is 15.9. The fourth-order valence-electron chi connectivity index (χ4n) is 1.88. The van der Waals surface area contributed by atoms with Crippen LogP contribution in [0, 0.1) is 0 Å². The standard InChI is InChI=1S/C13H17N3O3S2/c1-16(7-11-8-20-9-15-11)21(17,18)12-3-4-13(19-2)10(5-12)6-14/h3-5,8-9H,6-7,14H2,1-2H3. The summed E-state index contributed by atoms with van der Waals surface area (Å²) in [5, 5.41) is 1.82. The number of nitrogens with two attached hydrogens (primary N) is 1. The van der Waals surface area contributed by atoms with Crippen LogP contribution < -0.4 is 10.5 Å². The summed E-state index contributed by atoms with van der Waals surface area (Å²) in [6.07, 6.45) is 0. The van der Waals surface area contributed by atoms with E-state index >= 15 is 0 Å². The molecular formula is C13H17N3O3S2. The van der Waals surface area contributed by atoms with Gasteiger partial charge in [0.05, 0.1) is 29.8 Å². The summed E-state index contributed by atoms with van der Waals surface area (Å²) in [5.41, 5.74) is 8.68. The quantitative estimate of drug-likeness (QED) is 0.867. The van der Waals surface area contributed by atoms with Crippen LogP contribution in [0.5, 0.6) is 5.75 Å². The molecule has 6 nitrogen and oxygen atoms in total. The Morgan fingerprint density at radius 1 is 1.43 bits per heavy atom. The Hall–Kier alpha value is -1.48. The van der Waals surface area contributed by atoms with Crippen molar-refractivity contribution in [1.29, 1.82) is 0 Å². The number of hydrogen-bond acceptors (Lipinski definition) is 6. The third-order valence-corrected chi connectivity index (χ3v) is 5.48. The number of nitrogens with zero attached hydrogens (tertiary/aromatic N) is 2. The molecule has 114 valence electrons. The average Bonchev–Trinajstić information content (AvgIpc) is 2.99. The molecule has 0 saturated carbocycles. The van der Waals surface area contributed by atoms with Gasteiger partial charge in [-0.1, -0.05) is 0 Å². The summed E-state index contributed by atoms with van der Waals surface area (Å²) in [6.45, 7) is 0.443. The van der Waals surface area contributed by atoms with Gasteiger partial charge in [0.15, 0.2) is 0 Å². The molecule has 2 rings (SSSR count). The van der Waals surface area contributed by atoms with E-state index in [-0.39, 0.29) is 18.0 Å². The van der Waals surface area contributed by atoms with Gasteiger partial charge in [-0.2, -0.15) is 4.31 Å². The Balaban J connectivity index is 2.30. The van der Waals surface area contributed by atoms with Crippen LogP contribution in [-0.2, 0) is 23.1 Å². The third-order valence-electron chi connectivity index (χ3n) is 3.05. The molecule has 0 bridgehead atoms.